The van der Waals surface area contributed by atoms with Crippen LogP contribution in [0.25, 0.3) is 0 Å². The number of esters is 1. The largest absolute Gasteiger partial charge is 0.467 e. The molecule has 2 aromatic rings. The highest BCUT2D eigenvalue weighted by Gasteiger charge is 2.38. The molecule has 0 amide bonds. The number of hydrogen-bond donors (Lipinski definition) is 2. The molecule has 1 aromatic heterocycles. The average Bonchev–Trinajstić information content (AvgIpc) is 3.28. The van der Waals surface area contributed by atoms with Crippen LogP contribution in [-0.4, -0.2) is 18.2 Å². The van der Waals surface area contributed by atoms with Gasteiger partial charge in [-0.25, -0.2) is 4.79 Å². The second kappa shape index (κ2) is 7.27. The molecule has 1 heterocycles. The van der Waals surface area contributed by atoms with Gasteiger partial charge in [-0.1, -0.05) is 18.9 Å². The van der Waals surface area contributed by atoms with Crippen molar-refractivity contribution in [2.45, 2.75) is 38.1 Å². The van der Waals surface area contributed by atoms with Gasteiger partial charge in [0.25, 0.3) is 0 Å². The van der Waals surface area contributed by atoms with Crippen molar-refractivity contribution >= 4 is 29.0 Å². The van der Waals surface area contributed by atoms with Crippen molar-refractivity contribution in [2.75, 3.05) is 12.4 Å². The quantitative estimate of drug-likeness (QED) is 0.633. The Hall–Kier alpha value is -2.34. The molecule has 1 saturated carbocycles. The number of methoxy groups -OCH3 is 1. The van der Waals surface area contributed by atoms with Crippen molar-refractivity contribution in [2.24, 2.45) is 0 Å². The SMILES string of the molecule is COC(=O)c1cccc(NC(=S)NC2(c3ccco3)CCCC2)c1C. The zero-order valence-electron chi connectivity index (χ0n) is 14.4. The number of benzene rings is 1. The lowest BCUT2D eigenvalue weighted by molar-refractivity contribution is 0.0600. The molecular formula is C19H22N2O3S. The molecule has 3 rings (SSSR count). The van der Waals surface area contributed by atoms with Crippen LogP contribution in [0.3, 0.4) is 0 Å². The summed E-state index contributed by atoms with van der Waals surface area (Å²) in [5, 5.41) is 7.17. The minimum Gasteiger partial charge on any atom is -0.467 e. The predicted octanol–water partition coefficient (Wildman–Crippen LogP) is 4.13. The van der Waals surface area contributed by atoms with Gasteiger partial charge in [-0.15, -0.1) is 0 Å². The maximum absolute atomic E-state index is 11.8. The number of thiocarbonyl (C=S) groups is 1. The first-order valence-corrected chi connectivity index (χ1v) is 8.78. The molecule has 0 aliphatic heterocycles. The normalized spacial score (nSPS) is 15.6. The van der Waals surface area contributed by atoms with Crippen molar-refractivity contribution in [1.29, 1.82) is 0 Å². The lowest BCUT2D eigenvalue weighted by Gasteiger charge is -2.30. The van der Waals surface area contributed by atoms with Crippen molar-refractivity contribution in [3.8, 4) is 0 Å². The van der Waals surface area contributed by atoms with Crippen LogP contribution in [0.4, 0.5) is 5.69 Å². The predicted molar refractivity (Wildman–Crippen MR) is 101 cm³/mol. The number of rotatable bonds is 4. The molecule has 1 aliphatic rings. The van der Waals surface area contributed by atoms with Gasteiger partial charge in [-0.2, -0.15) is 0 Å². The summed E-state index contributed by atoms with van der Waals surface area (Å²) in [6.07, 6.45) is 5.91. The Labute approximate surface area is 152 Å². The van der Waals surface area contributed by atoms with Gasteiger partial charge in [0.1, 0.15) is 5.76 Å². The molecule has 0 bridgehead atoms. The van der Waals surface area contributed by atoms with Gasteiger partial charge in [0, 0.05) is 5.69 Å². The first-order valence-electron chi connectivity index (χ1n) is 8.37. The number of anilines is 1. The van der Waals surface area contributed by atoms with Crippen LogP contribution in [0, 0.1) is 6.92 Å². The van der Waals surface area contributed by atoms with Gasteiger partial charge in [-0.3, -0.25) is 0 Å². The Kier molecular flexibility index (Phi) is 5.08. The van der Waals surface area contributed by atoms with Crippen LogP contribution in [-0.2, 0) is 10.3 Å². The minimum atomic E-state index is -0.358. The standard InChI is InChI=1S/C19H22N2O3S/c1-13-14(17(22)23-2)7-5-8-15(13)20-18(25)21-19(10-3-4-11-19)16-9-6-12-24-16/h5-9,12H,3-4,10-11H2,1-2H3,(H2,20,21,25). The Morgan fingerprint density at radius 2 is 2.00 bits per heavy atom. The number of ether oxygens (including phenoxy) is 1. The Morgan fingerprint density at radius 1 is 1.24 bits per heavy atom. The second-order valence-corrected chi connectivity index (χ2v) is 6.72. The molecule has 0 spiro atoms. The number of furan rings is 1. The first-order chi connectivity index (χ1) is 12.1. The van der Waals surface area contributed by atoms with E-state index in [0.717, 1.165) is 42.7 Å². The van der Waals surface area contributed by atoms with Crippen LogP contribution in [0.1, 0.15) is 47.4 Å². The van der Waals surface area contributed by atoms with Crippen LogP contribution >= 0.6 is 12.2 Å². The van der Waals surface area contributed by atoms with E-state index < -0.39 is 0 Å². The van der Waals surface area contributed by atoms with E-state index in [2.05, 4.69) is 10.6 Å². The van der Waals surface area contributed by atoms with E-state index in [4.69, 9.17) is 21.4 Å². The van der Waals surface area contributed by atoms with Gasteiger partial charge in [0.15, 0.2) is 5.11 Å². The van der Waals surface area contributed by atoms with Gasteiger partial charge in [0.2, 0.25) is 0 Å². The number of carbonyl (C=O) groups is 1. The summed E-state index contributed by atoms with van der Waals surface area (Å²) in [5.74, 6) is 0.553. The second-order valence-electron chi connectivity index (χ2n) is 6.32. The minimum absolute atomic E-state index is 0.262. The number of hydrogen-bond acceptors (Lipinski definition) is 4. The summed E-state index contributed by atoms with van der Waals surface area (Å²) in [5.41, 5.74) is 1.85. The molecule has 25 heavy (non-hydrogen) atoms. The molecule has 0 unspecified atom stereocenters. The molecule has 1 aliphatic carbocycles. The van der Waals surface area contributed by atoms with Crippen molar-refractivity contribution in [3.05, 3.63) is 53.5 Å². The Balaban J connectivity index is 1.78. The third kappa shape index (κ3) is 3.54. The fraction of sp³-hybridized carbons (Fsp3) is 0.368. The molecule has 132 valence electrons. The highest BCUT2D eigenvalue weighted by atomic mass is 32.1. The van der Waals surface area contributed by atoms with E-state index in [0.29, 0.717) is 10.7 Å². The van der Waals surface area contributed by atoms with Gasteiger partial charge < -0.3 is 19.8 Å². The van der Waals surface area contributed by atoms with E-state index in [1.807, 2.05) is 31.2 Å². The highest BCUT2D eigenvalue weighted by Crippen LogP contribution is 2.39. The summed E-state index contributed by atoms with van der Waals surface area (Å²) < 4.78 is 10.5. The molecule has 2 N–H and O–H groups in total. The molecule has 0 saturated heterocycles. The van der Waals surface area contributed by atoms with E-state index in [-0.39, 0.29) is 11.5 Å². The third-order valence-electron chi connectivity index (χ3n) is 4.79. The van der Waals surface area contributed by atoms with Crippen molar-refractivity contribution in [3.63, 3.8) is 0 Å². The topological polar surface area (TPSA) is 63.5 Å². The fourth-order valence-electron chi connectivity index (χ4n) is 3.44. The van der Waals surface area contributed by atoms with Gasteiger partial charge in [-0.05, 0) is 61.8 Å². The molecule has 1 fully saturated rings. The molecule has 5 nitrogen and oxygen atoms in total. The van der Waals surface area contributed by atoms with Gasteiger partial charge in [0.05, 0.1) is 24.5 Å². The lowest BCUT2D eigenvalue weighted by atomic mass is 9.94. The van der Waals surface area contributed by atoms with Crippen molar-refractivity contribution in [1.82, 2.24) is 5.32 Å². The number of carbonyl (C=O) groups excluding carboxylic acids is 1. The monoisotopic (exact) mass is 358 g/mol. The molecule has 0 radical (unpaired) electrons. The van der Waals surface area contributed by atoms with Crippen molar-refractivity contribution < 1.29 is 13.9 Å². The van der Waals surface area contributed by atoms with Crippen LogP contribution in [0.2, 0.25) is 0 Å². The zero-order chi connectivity index (χ0) is 17.9. The van der Waals surface area contributed by atoms with E-state index in [1.54, 1.807) is 12.3 Å². The maximum atomic E-state index is 11.8. The van der Waals surface area contributed by atoms with Crippen LogP contribution in [0.15, 0.2) is 41.0 Å². The molecule has 6 heteroatoms. The summed E-state index contributed by atoms with van der Waals surface area (Å²) in [6, 6.07) is 9.33. The summed E-state index contributed by atoms with van der Waals surface area (Å²) in [6.45, 7) is 1.87. The summed E-state index contributed by atoms with van der Waals surface area (Å²) >= 11 is 5.54. The van der Waals surface area contributed by atoms with Crippen LogP contribution < -0.4 is 10.6 Å². The molecule has 0 atom stereocenters. The van der Waals surface area contributed by atoms with E-state index in [1.165, 1.54) is 7.11 Å². The van der Waals surface area contributed by atoms with E-state index in [9.17, 15) is 4.79 Å². The zero-order valence-corrected chi connectivity index (χ0v) is 15.2. The smallest absolute Gasteiger partial charge is 0.338 e. The Morgan fingerprint density at radius 3 is 2.64 bits per heavy atom. The summed E-state index contributed by atoms with van der Waals surface area (Å²) in [4.78, 5) is 11.8. The summed E-state index contributed by atoms with van der Waals surface area (Å²) in [7, 11) is 1.38. The maximum Gasteiger partial charge on any atom is 0.338 e. The van der Waals surface area contributed by atoms with Gasteiger partial charge >= 0.3 is 5.97 Å². The van der Waals surface area contributed by atoms with Crippen LogP contribution in [0.5, 0.6) is 0 Å². The first kappa shape index (κ1) is 17.5. The lowest BCUT2D eigenvalue weighted by Crippen LogP contribution is -2.45. The number of nitrogens with one attached hydrogen (secondary N) is 2. The fourth-order valence-corrected chi connectivity index (χ4v) is 3.74. The molecule has 1 aromatic carbocycles. The van der Waals surface area contributed by atoms with E-state index >= 15 is 0 Å². The third-order valence-corrected chi connectivity index (χ3v) is 4.99. The highest BCUT2D eigenvalue weighted by molar-refractivity contribution is 7.80. The molecular weight excluding hydrogens is 336 g/mol. The Bertz CT molecular complexity index is 765. The average molecular weight is 358 g/mol.